The van der Waals surface area contributed by atoms with Crippen molar-refractivity contribution in [1.29, 1.82) is 0 Å². The van der Waals surface area contributed by atoms with Crippen molar-refractivity contribution >= 4 is 49.9 Å². The number of nitrogens with zero attached hydrogens (tertiary/aromatic N) is 3. The molecule has 142 valence electrons. The molecule has 2 aromatic carbocycles. The summed E-state index contributed by atoms with van der Waals surface area (Å²) in [5.74, 6) is -1.56. The zero-order valence-electron chi connectivity index (χ0n) is 14.1. The van der Waals surface area contributed by atoms with Gasteiger partial charge in [0, 0.05) is 29.8 Å². The van der Waals surface area contributed by atoms with E-state index in [4.69, 9.17) is 0 Å². The third-order valence-corrected chi connectivity index (χ3v) is 4.55. The number of esters is 1. The van der Waals surface area contributed by atoms with Gasteiger partial charge in [-0.15, -0.1) is 0 Å². The SMILES string of the molecule is COC(=O)c1cc(C(=O)Nc2nc3ccc([N+](=O)[O-])cc3s2)cc([N+](=O)[O-])c1. The lowest BCUT2D eigenvalue weighted by Crippen LogP contribution is -2.13. The molecule has 0 saturated carbocycles. The molecule has 0 atom stereocenters. The maximum absolute atomic E-state index is 12.5. The molecule has 1 amide bonds. The molecule has 28 heavy (non-hydrogen) atoms. The summed E-state index contributed by atoms with van der Waals surface area (Å²) in [7, 11) is 1.11. The zero-order valence-corrected chi connectivity index (χ0v) is 14.9. The molecule has 0 aliphatic rings. The normalized spacial score (nSPS) is 10.5. The highest BCUT2D eigenvalue weighted by atomic mass is 32.1. The van der Waals surface area contributed by atoms with Gasteiger partial charge in [0.25, 0.3) is 17.3 Å². The number of nitro groups is 2. The highest BCUT2D eigenvalue weighted by Gasteiger charge is 2.19. The predicted molar refractivity (Wildman–Crippen MR) is 98.7 cm³/mol. The van der Waals surface area contributed by atoms with Crippen LogP contribution in [0.4, 0.5) is 16.5 Å². The lowest BCUT2D eigenvalue weighted by Gasteiger charge is -2.05. The summed E-state index contributed by atoms with van der Waals surface area (Å²) in [4.78, 5) is 48.9. The van der Waals surface area contributed by atoms with Crippen LogP contribution in [0, 0.1) is 20.2 Å². The minimum absolute atomic E-state index is 0.115. The molecule has 0 saturated heterocycles. The fraction of sp³-hybridized carbons (Fsp3) is 0.0625. The second-order valence-electron chi connectivity index (χ2n) is 5.40. The third kappa shape index (κ3) is 3.76. The Morgan fingerprint density at radius 3 is 2.36 bits per heavy atom. The fourth-order valence-corrected chi connectivity index (χ4v) is 3.23. The molecule has 12 heteroatoms. The lowest BCUT2D eigenvalue weighted by molar-refractivity contribution is -0.385. The smallest absolute Gasteiger partial charge is 0.338 e. The minimum Gasteiger partial charge on any atom is -0.465 e. The number of non-ortho nitro benzene ring substituents is 2. The maximum Gasteiger partial charge on any atom is 0.338 e. The van der Waals surface area contributed by atoms with Crippen molar-refractivity contribution in [2.24, 2.45) is 0 Å². The van der Waals surface area contributed by atoms with E-state index in [-0.39, 0.29) is 21.9 Å². The van der Waals surface area contributed by atoms with Gasteiger partial charge < -0.3 is 4.74 Å². The summed E-state index contributed by atoms with van der Waals surface area (Å²) < 4.78 is 5.02. The Morgan fingerprint density at radius 2 is 1.71 bits per heavy atom. The van der Waals surface area contributed by atoms with E-state index in [0.717, 1.165) is 36.6 Å². The van der Waals surface area contributed by atoms with Crippen molar-refractivity contribution in [3.63, 3.8) is 0 Å². The van der Waals surface area contributed by atoms with E-state index in [1.54, 1.807) is 0 Å². The second kappa shape index (κ2) is 7.36. The van der Waals surface area contributed by atoms with Gasteiger partial charge in [0.1, 0.15) is 0 Å². The van der Waals surface area contributed by atoms with Crippen LogP contribution >= 0.6 is 11.3 Å². The fourth-order valence-electron chi connectivity index (χ4n) is 2.33. The maximum atomic E-state index is 12.5. The summed E-state index contributed by atoms with van der Waals surface area (Å²) in [6.07, 6.45) is 0. The van der Waals surface area contributed by atoms with Crippen molar-refractivity contribution in [1.82, 2.24) is 4.98 Å². The molecule has 1 N–H and O–H groups in total. The van der Waals surface area contributed by atoms with Crippen LogP contribution in [-0.2, 0) is 4.74 Å². The van der Waals surface area contributed by atoms with Gasteiger partial charge in [-0.2, -0.15) is 0 Å². The summed E-state index contributed by atoms with van der Waals surface area (Å²) in [6, 6.07) is 7.23. The number of benzene rings is 2. The molecule has 0 aliphatic heterocycles. The highest BCUT2D eigenvalue weighted by Crippen LogP contribution is 2.29. The summed E-state index contributed by atoms with van der Waals surface area (Å²) in [6.45, 7) is 0. The van der Waals surface area contributed by atoms with Crippen molar-refractivity contribution in [3.8, 4) is 0 Å². The zero-order chi connectivity index (χ0) is 20.4. The standard InChI is InChI=1S/C16H10N4O7S/c1-27-15(22)9-4-8(5-11(6-9)20(25)26)14(21)18-16-17-12-3-2-10(19(23)24)7-13(12)28-16/h2-7H,1H3,(H,17,18,21). The average molecular weight is 402 g/mol. The molecule has 0 aliphatic carbocycles. The third-order valence-electron chi connectivity index (χ3n) is 3.62. The van der Waals surface area contributed by atoms with E-state index in [9.17, 15) is 29.8 Å². The topological polar surface area (TPSA) is 155 Å². The Balaban J connectivity index is 1.93. The van der Waals surface area contributed by atoms with Gasteiger partial charge in [-0.1, -0.05) is 11.3 Å². The van der Waals surface area contributed by atoms with Crippen LogP contribution in [0.5, 0.6) is 0 Å². The number of anilines is 1. The molecular formula is C16H10N4O7S. The Hall–Kier alpha value is -3.93. The Morgan fingerprint density at radius 1 is 1.04 bits per heavy atom. The Labute approximate surface area is 159 Å². The van der Waals surface area contributed by atoms with Gasteiger partial charge in [0.05, 0.1) is 32.7 Å². The van der Waals surface area contributed by atoms with Crippen LogP contribution in [0.25, 0.3) is 10.2 Å². The number of thiazole rings is 1. The quantitative estimate of drug-likeness (QED) is 0.388. The van der Waals surface area contributed by atoms with Gasteiger partial charge >= 0.3 is 5.97 Å². The number of rotatable bonds is 5. The largest absolute Gasteiger partial charge is 0.465 e. The van der Waals surface area contributed by atoms with Crippen molar-refractivity contribution in [2.75, 3.05) is 12.4 Å². The number of aromatic nitrogens is 1. The second-order valence-corrected chi connectivity index (χ2v) is 6.43. The molecule has 1 heterocycles. The van der Waals surface area contributed by atoms with Crippen LogP contribution in [0.1, 0.15) is 20.7 Å². The molecular weight excluding hydrogens is 392 g/mol. The van der Waals surface area contributed by atoms with Crippen molar-refractivity contribution < 1.29 is 24.2 Å². The minimum atomic E-state index is -0.829. The first-order valence-electron chi connectivity index (χ1n) is 7.52. The van der Waals surface area contributed by atoms with E-state index >= 15 is 0 Å². The van der Waals surface area contributed by atoms with Gasteiger partial charge in [0.2, 0.25) is 0 Å². The average Bonchev–Trinajstić information content (AvgIpc) is 3.08. The molecule has 1 aromatic heterocycles. The summed E-state index contributed by atoms with van der Waals surface area (Å²) in [5, 5.41) is 24.5. The first kappa shape index (κ1) is 18.8. The number of hydrogen-bond donors (Lipinski definition) is 1. The van der Waals surface area contributed by atoms with Gasteiger partial charge in [0.15, 0.2) is 5.13 Å². The highest BCUT2D eigenvalue weighted by molar-refractivity contribution is 7.22. The molecule has 0 spiro atoms. The van der Waals surface area contributed by atoms with Crippen molar-refractivity contribution in [2.45, 2.75) is 0 Å². The van der Waals surface area contributed by atoms with Crippen LogP contribution in [0.2, 0.25) is 0 Å². The Bertz CT molecular complexity index is 1140. The monoisotopic (exact) mass is 402 g/mol. The van der Waals surface area contributed by atoms with E-state index in [2.05, 4.69) is 15.0 Å². The van der Waals surface area contributed by atoms with Crippen LogP contribution < -0.4 is 5.32 Å². The number of carbonyl (C=O) groups excluding carboxylic acids is 2. The lowest BCUT2D eigenvalue weighted by atomic mass is 10.1. The Kier molecular flexibility index (Phi) is 4.96. The molecule has 3 rings (SSSR count). The number of nitrogens with one attached hydrogen (secondary N) is 1. The van der Waals surface area contributed by atoms with Crippen LogP contribution in [-0.4, -0.2) is 33.8 Å². The molecule has 3 aromatic rings. The van der Waals surface area contributed by atoms with E-state index in [0.29, 0.717) is 10.2 Å². The number of hydrogen-bond acceptors (Lipinski definition) is 9. The molecule has 11 nitrogen and oxygen atoms in total. The number of fused-ring (bicyclic) bond motifs is 1. The number of nitro benzene ring substituents is 2. The molecule has 0 fully saturated rings. The van der Waals surface area contributed by atoms with Crippen LogP contribution in [0.3, 0.4) is 0 Å². The first-order chi connectivity index (χ1) is 13.3. The number of carbonyl (C=O) groups is 2. The van der Waals surface area contributed by atoms with E-state index in [1.807, 2.05) is 0 Å². The van der Waals surface area contributed by atoms with Crippen molar-refractivity contribution in [3.05, 3.63) is 67.8 Å². The number of methoxy groups -OCH3 is 1. The number of amides is 1. The first-order valence-corrected chi connectivity index (χ1v) is 8.34. The summed E-state index contributed by atoms with van der Waals surface area (Å²) >= 11 is 1.00. The number of ether oxygens (including phenoxy) is 1. The predicted octanol–water partition coefficient (Wildman–Crippen LogP) is 3.15. The van der Waals surface area contributed by atoms with Crippen LogP contribution in [0.15, 0.2) is 36.4 Å². The molecule has 0 unspecified atom stereocenters. The van der Waals surface area contributed by atoms with E-state index < -0.39 is 27.4 Å². The molecule has 0 bridgehead atoms. The summed E-state index contributed by atoms with van der Waals surface area (Å²) in [5.41, 5.74) is -0.412. The molecule has 0 radical (unpaired) electrons. The van der Waals surface area contributed by atoms with E-state index in [1.165, 1.54) is 18.2 Å². The van der Waals surface area contributed by atoms with Gasteiger partial charge in [-0.25, -0.2) is 9.78 Å². The van der Waals surface area contributed by atoms with Gasteiger partial charge in [-0.3, -0.25) is 30.3 Å². The van der Waals surface area contributed by atoms with Gasteiger partial charge in [-0.05, 0) is 12.1 Å².